The lowest BCUT2D eigenvalue weighted by Crippen LogP contribution is -2.12. The molecule has 0 bridgehead atoms. The van der Waals surface area contributed by atoms with Gasteiger partial charge in [0.15, 0.2) is 0 Å². The zero-order chi connectivity index (χ0) is 10.3. The Labute approximate surface area is 90.0 Å². The van der Waals surface area contributed by atoms with E-state index in [1.807, 2.05) is 6.07 Å². The number of hydrogen-bond donors (Lipinski definition) is 0. The molecule has 1 unspecified atom stereocenters. The molecule has 1 aliphatic heterocycles. The van der Waals surface area contributed by atoms with Crippen LogP contribution in [-0.4, -0.2) is 0 Å². The van der Waals surface area contributed by atoms with Gasteiger partial charge in [-0.1, -0.05) is 35.9 Å². The number of rotatable bonds is 1. The van der Waals surface area contributed by atoms with Crippen molar-refractivity contribution in [1.29, 1.82) is 0 Å². The van der Waals surface area contributed by atoms with Gasteiger partial charge >= 0.3 is 0 Å². The number of hydrogen-bond acceptors (Lipinski definition) is 1. The fourth-order valence-corrected chi connectivity index (χ4v) is 2.22. The molecule has 0 fully saturated rings. The molecule has 0 aromatic heterocycles. The van der Waals surface area contributed by atoms with Crippen molar-refractivity contribution < 1.29 is 0 Å². The van der Waals surface area contributed by atoms with Gasteiger partial charge in [-0.15, -0.1) is 0 Å². The molecule has 0 spiro atoms. The molecule has 0 amide bonds. The van der Waals surface area contributed by atoms with Gasteiger partial charge in [-0.05, 0) is 25.1 Å². The number of allylic oxidation sites excluding steroid dienone is 3. The quantitative estimate of drug-likeness (QED) is 0.663. The van der Waals surface area contributed by atoms with Gasteiger partial charge in [0.2, 0.25) is 0 Å². The predicted molar refractivity (Wildman–Crippen MR) is 63.4 cm³/mol. The Morgan fingerprint density at radius 2 is 1.93 bits per heavy atom. The SMILES string of the molecule is CC1=CC2C=CN(c3ccccc3)C2=C1. The number of para-hydroxylation sites is 1. The zero-order valence-corrected chi connectivity index (χ0v) is 8.72. The third-order valence-electron chi connectivity index (χ3n) is 2.91. The summed E-state index contributed by atoms with van der Waals surface area (Å²) in [6.07, 6.45) is 8.97. The minimum absolute atomic E-state index is 0.491. The predicted octanol–water partition coefficient (Wildman–Crippen LogP) is 3.48. The first-order chi connectivity index (χ1) is 7.34. The summed E-state index contributed by atoms with van der Waals surface area (Å²) in [7, 11) is 0. The van der Waals surface area contributed by atoms with E-state index in [0.717, 1.165) is 0 Å². The molecule has 0 N–H and O–H groups in total. The largest absolute Gasteiger partial charge is 0.320 e. The molecular weight excluding hydrogens is 182 g/mol. The third-order valence-corrected chi connectivity index (χ3v) is 2.91. The Bertz CT molecular complexity index is 465. The molecule has 3 rings (SSSR count). The van der Waals surface area contributed by atoms with Gasteiger partial charge in [0.1, 0.15) is 0 Å². The summed E-state index contributed by atoms with van der Waals surface area (Å²) < 4.78 is 0. The van der Waals surface area contributed by atoms with Gasteiger partial charge in [0, 0.05) is 23.5 Å². The standard InChI is InChI=1S/C14H13N/c1-11-9-12-7-8-15(14(12)10-11)13-5-3-2-4-6-13/h2-10,12H,1H3. The van der Waals surface area contributed by atoms with Crippen molar-refractivity contribution in [2.24, 2.45) is 5.92 Å². The van der Waals surface area contributed by atoms with E-state index in [9.17, 15) is 0 Å². The lowest BCUT2D eigenvalue weighted by molar-refractivity contribution is 0.994. The summed E-state index contributed by atoms with van der Waals surface area (Å²) in [5, 5.41) is 0. The van der Waals surface area contributed by atoms with Crippen LogP contribution < -0.4 is 4.90 Å². The number of benzene rings is 1. The van der Waals surface area contributed by atoms with Crippen LogP contribution in [0.1, 0.15) is 6.92 Å². The first-order valence-corrected chi connectivity index (χ1v) is 5.27. The lowest BCUT2D eigenvalue weighted by Gasteiger charge is -2.19. The van der Waals surface area contributed by atoms with E-state index in [4.69, 9.17) is 0 Å². The highest BCUT2D eigenvalue weighted by atomic mass is 15.1. The van der Waals surface area contributed by atoms with E-state index in [2.05, 4.69) is 60.5 Å². The molecule has 1 heteroatoms. The summed E-state index contributed by atoms with van der Waals surface area (Å²) in [6, 6.07) is 10.5. The molecule has 2 aliphatic rings. The summed E-state index contributed by atoms with van der Waals surface area (Å²) in [6.45, 7) is 2.16. The average molecular weight is 195 g/mol. The summed E-state index contributed by atoms with van der Waals surface area (Å²) in [5.41, 5.74) is 3.98. The second kappa shape index (κ2) is 3.13. The lowest BCUT2D eigenvalue weighted by atomic mass is 10.1. The minimum atomic E-state index is 0.491. The molecule has 1 nitrogen and oxygen atoms in total. The van der Waals surface area contributed by atoms with E-state index < -0.39 is 0 Å². The molecular formula is C14H13N. The number of fused-ring (bicyclic) bond motifs is 1. The maximum Gasteiger partial charge on any atom is 0.0452 e. The average Bonchev–Trinajstić information content (AvgIpc) is 2.77. The monoisotopic (exact) mass is 195 g/mol. The van der Waals surface area contributed by atoms with Crippen LogP contribution in [0.4, 0.5) is 5.69 Å². The minimum Gasteiger partial charge on any atom is -0.320 e. The fraction of sp³-hybridized carbons (Fsp3) is 0.143. The van der Waals surface area contributed by atoms with Crippen LogP contribution in [-0.2, 0) is 0 Å². The van der Waals surface area contributed by atoms with Crippen LogP contribution in [0.2, 0.25) is 0 Å². The summed E-state index contributed by atoms with van der Waals surface area (Å²) in [4.78, 5) is 2.26. The number of anilines is 1. The van der Waals surface area contributed by atoms with Gasteiger partial charge in [0.05, 0.1) is 0 Å². The highest BCUT2D eigenvalue weighted by Gasteiger charge is 2.25. The first kappa shape index (κ1) is 8.54. The Morgan fingerprint density at radius 1 is 1.13 bits per heavy atom. The van der Waals surface area contributed by atoms with Gasteiger partial charge in [-0.2, -0.15) is 0 Å². The second-order valence-corrected chi connectivity index (χ2v) is 4.05. The van der Waals surface area contributed by atoms with Gasteiger partial charge in [-0.3, -0.25) is 0 Å². The molecule has 0 saturated heterocycles. The summed E-state index contributed by atoms with van der Waals surface area (Å²) in [5.74, 6) is 0.491. The third kappa shape index (κ3) is 1.32. The smallest absolute Gasteiger partial charge is 0.0452 e. The molecule has 74 valence electrons. The molecule has 1 aromatic carbocycles. The van der Waals surface area contributed by atoms with E-state index >= 15 is 0 Å². The van der Waals surface area contributed by atoms with Crippen LogP contribution in [0.5, 0.6) is 0 Å². The summed E-state index contributed by atoms with van der Waals surface area (Å²) >= 11 is 0. The van der Waals surface area contributed by atoms with Crippen molar-refractivity contribution in [3.63, 3.8) is 0 Å². The van der Waals surface area contributed by atoms with Crippen molar-refractivity contribution in [1.82, 2.24) is 0 Å². The molecule has 0 saturated carbocycles. The Balaban J connectivity index is 1.98. The van der Waals surface area contributed by atoms with E-state index in [1.165, 1.54) is 17.0 Å². The molecule has 1 atom stereocenters. The van der Waals surface area contributed by atoms with Crippen LogP contribution in [0.15, 0.2) is 66.0 Å². The van der Waals surface area contributed by atoms with Crippen molar-refractivity contribution in [3.05, 3.63) is 66.0 Å². The molecule has 15 heavy (non-hydrogen) atoms. The maximum atomic E-state index is 2.30. The highest BCUT2D eigenvalue weighted by molar-refractivity contribution is 5.62. The van der Waals surface area contributed by atoms with Gasteiger partial charge < -0.3 is 4.90 Å². The van der Waals surface area contributed by atoms with Crippen molar-refractivity contribution in [2.75, 3.05) is 4.90 Å². The Kier molecular flexibility index (Phi) is 1.78. The molecule has 0 radical (unpaired) electrons. The van der Waals surface area contributed by atoms with Gasteiger partial charge in [-0.25, -0.2) is 0 Å². The zero-order valence-electron chi connectivity index (χ0n) is 8.72. The van der Waals surface area contributed by atoms with Crippen molar-refractivity contribution in [3.8, 4) is 0 Å². The first-order valence-electron chi connectivity index (χ1n) is 5.27. The van der Waals surface area contributed by atoms with Crippen LogP contribution >= 0.6 is 0 Å². The maximum absolute atomic E-state index is 2.30. The topological polar surface area (TPSA) is 3.24 Å². The molecule has 1 aromatic rings. The van der Waals surface area contributed by atoms with Crippen LogP contribution in [0, 0.1) is 5.92 Å². The number of nitrogens with zero attached hydrogens (tertiary/aromatic N) is 1. The molecule has 1 heterocycles. The van der Waals surface area contributed by atoms with Crippen molar-refractivity contribution in [2.45, 2.75) is 6.92 Å². The van der Waals surface area contributed by atoms with Crippen molar-refractivity contribution >= 4 is 5.69 Å². The normalized spacial score (nSPS) is 22.7. The Hall–Kier alpha value is -1.76. The van der Waals surface area contributed by atoms with E-state index in [1.54, 1.807) is 0 Å². The van der Waals surface area contributed by atoms with E-state index in [-0.39, 0.29) is 0 Å². The van der Waals surface area contributed by atoms with Crippen LogP contribution in [0.3, 0.4) is 0 Å². The highest BCUT2D eigenvalue weighted by Crippen LogP contribution is 2.36. The Morgan fingerprint density at radius 3 is 2.73 bits per heavy atom. The fourth-order valence-electron chi connectivity index (χ4n) is 2.22. The van der Waals surface area contributed by atoms with Crippen LogP contribution in [0.25, 0.3) is 0 Å². The second-order valence-electron chi connectivity index (χ2n) is 4.05. The molecule has 1 aliphatic carbocycles. The van der Waals surface area contributed by atoms with Gasteiger partial charge in [0.25, 0.3) is 0 Å². The van der Waals surface area contributed by atoms with E-state index in [0.29, 0.717) is 5.92 Å².